The number of carbonyl (C=O) groups is 2. The number of esters is 1. The molecule has 2 aromatic carbocycles. The van der Waals surface area contributed by atoms with Gasteiger partial charge < -0.3 is 24.3 Å². The van der Waals surface area contributed by atoms with Crippen molar-refractivity contribution >= 4 is 11.8 Å². The molecule has 0 aromatic heterocycles. The van der Waals surface area contributed by atoms with Crippen molar-refractivity contribution in [2.24, 2.45) is 0 Å². The maximum absolute atomic E-state index is 13.5. The Labute approximate surface area is 199 Å². The summed E-state index contributed by atoms with van der Waals surface area (Å²) < 4.78 is 22.0. The molecule has 34 heavy (non-hydrogen) atoms. The smallest absolute Gasteiger partial charge is 0.337 e. The predicted octanol–water partition coefficient (Wildman–Crippen LogP) is 4.42. The molecule has 2 aliphatic rings. The number of hydrogen-bond donors (Lipinski definition) is 1. The van der Waals surface area contributed by atoms with E-state index in [1.165, 1.54) is 0 Å². The topological polar surface area (TPSA) is 83.1 Å². The number of dihydropyridines is 1. The van der Waals surface area contributed by atoms with Crippen molar-refractivity contribution in [2.45, 2.75) is 38.7 Å². The maximum atomic E-state index is 13.5. The van der Waals surface area contributed by atoms with Gasteiger partial charge in [0.2, 0.25) is 0 Å². The summed E-state index contributed by atoms with van der Waals surface area (Å²) in [6.45, 7) is 1.94. The van der Waals surface area contributed by atoms with Gasteiger partial charge in [-0.1, -0.05) is 12.1 Å². The van der Waals surface area contributed by atoms with Crippen LogP contribution in [-0.2, 0) is 20.9 Å². The van der Waals surface area contributed by atoms with E-state index in [1.807, 2.05) is 37.3 Å². The van der Waals surface area contributed by atoms with Crippen molar-refractivity contribution in [3.63, 3.8) is 0 Å². The number of carbonyl (C=O) groups excluding carboxylic acids is 2. The van der Waals surface area contributed by atoms with Crippen LogP contribution in [0.15, 0.2) is 65.0 Å². The van der Waals surface area contributed by atoms with Crippen LogP contribution in [0.1, 0.15) is 43.2 Å². The van der Waals surface area contributed by atoms with Crippen molar-refractivity contribution in [3.05, 3.63) is 76.1 Å². The van der Waals surface area contributed by atoms with Crippen LogP contribution in [0.25, 0.3) is 0 Å². The second kappa shape index (κ2) is 10.0. The van der Waals surface area contributed by atoms with Crippen LogP contribution in [0.4, 0.5) is 0 Å². The summed E-state index contributed by atoms with van der Waals surface area (Å²) in [5.41, 5.74) is 4.05. The van der Waals surface area contributed by atoms with Gasteiger partial charge in [-0.3, -0.25) is 4.79 Å². The molecule has 1 aliphatic heterocycles. The van der Waals surface area contributed by atoms with Gasteiger partial charge in [-0.05, 0) is 55.7 Å². The average molecular weight is 464 g/mol. The molecular formula is C27H29NO6. The lowest BCUT2D eigenvalue weighted by Gasteiger charge is -2.34. The fraction of sp³-hybridized carbons (Fsp3) is 0.333. The Balaban J connectivity index is 1.73. The van der Waals surface area contributed by atoms with E-state index in [0.29, 0.717) is 40.3 Å². The highest BCUT2D eigenvalue weighted by molar-refractivity contribution is 6.04. The number of benzene rings is 2. The minimum atomic E-state index is -0.613. The van der Waals surface area contributed by atoms with Gasteiger partial charge in [-0.25, -0.2) is 4.79 Å². The van der Waals surface area contributed by atoms with Crippen molar-refractivity contribution in [2.75, 3.05) is 21.3 Å². The fourth-order valence-electron chi connectivity index (χ4n) is 4.58. The van der Waals surface area contributed by atoms with E-state index in [2.05, 4.69) is 5.32 Å². The van der Waals surface area contributed by atoms with Crippen LogP contribution in [0, 0.1) is 0 Å². The molecule has 0 saturated carbocycles. The zero-order chi connectivity index (χ0) is 24.2. The van der Waals surface area contributed by atoms with Gasteiger partial charge in [0.25, 0.3) is 0 Å². The molecule has 0 spiro atoms. The van der Waals surface area contributed by atoms with Gasteiger partial charge in [0.15, 0.2) is 5.78 Å². The Morgan fingerprint density at radius 3 is 2.35 bits per heavy atom. The fourth-order valence-corrected chi connectivity index (χ4v) is 4.58. The third kappa shape index (κ3) is 4.51. The number of nitrogens with one attached hydrogen (secondary N) is 1. The third-order valence-electron chi connectivity index (χ3n) is 6.27. The summed E-state index contributed by atoms with van der Waals surface area (Å²) in [7, 11) is 4.75. The molecule has 0 amide bonds. The van der Waals surface area contributed by atoms with E-state index in [-0.39, 0.29) is 12.4 Å². The molecule has 1 unspecified atom stereocenters. The number of rotatable bonds is 7. The molecule has 0 saturated heterocycles. The van der Waals surface area contributed by atoms with Crippen LogP contribution in [0.3, 0.4) is 0 Å². The number of methoxy groups -OCH3 is 3. The summed E-state index contributed by atoms with van der Waals surface area (Å²) in [6.07, 6.45) is 1.96. The monoisotopic (exact) mass is 463 g/mol. The van der Waals surface area contributed by atoms with Gasteiger partial charge in [0.1, 0.15) is 23.9 Å². The molecule has 1 atom stereocenters. The van der Waals surface area contributed by atoms with Crippen molar-refractivity contribution in [1.29, 1.82) is 0 Å². The van der Waals surface area contributed by atoms with Gasteiger partial charge >= 0.3 is 5.97 Å². The van der Waals surface area contributed by atoms with E-state index >= 15 is 0 Å². The number of ketones is 1. The lowest BCUT2D eigenvalue weighted by atomic mass is 9.75. The van der Waals surface area contributed by atoms with Crippen molar-refractivity contribution in [3.8, 4) is 17.2 Å². The minimum Gasteiger partial charge on any atom is -0.497 e. The zero-order valence-corrected chi connectivity index (χ0v) is 19.9. The average Bonchev–Trinajstić information content (AvgIpc) is 2.86. The predicted molar refractivity (Wildman–Crippen MR) is 127 cm³/mol. The second-order valence-electron chi connectivity index (χ2n) is 8.30. The third-order valence-corrected chi connectivity index (χ3v) is 6.27. The number of Topliss-reactive ketones (excluding diaryl/α,β-unsaturated/α-hetero) is 1. The Morgan fingerprint density at radius 2 is 1.68 bits per heavy atom. The first-order valence-electron chi connectivity index (χ1n) is 11.2. The first kappa shape index (κ1) is 23.4. The van der Waals surface area contributed by atoms with Crippen molar-refractivity contribution in [1.82, 2.24) is 5.32 Å². The summed E-state index contributed by atoms with van der Waals surface area (Å²) in [5, 5.41) is 3.31. The summed E-state index contributed by atoms with van der Waals surface area (Å²) in [5.74, 6) is 0.842. The van der Waals surface area contributed by atoms with Crippen LogP contribution in [-0.4, -0.2) is 33.1 Å². The Morgan fingerprint density at radius 1 is 0.971 bits per heavy atom. The Kier molecular flexibility index (Phi) is 6.91. The second-order valence-corrected chi connectivity index (χ2v) is 8.30. The normalized spacial score (nSPS) is 17.6. The van der Waals surface area contributed by atoms with Crippen LogP contribution < -0.4 is 19.5 Å². The van der Waals surface area contributed by atoms with Gasteiger partial charge in [0, 0.05) is 29.0 Å². The Hall–Kier alpha value is -3.74. The molecule has 0 radical (unpaired) electrons. The van der Waals surface area contributed by atoms with E-state index in [4.69, 9.17) is 18.9 Å². The molecule has 7 nitrogen and oxygen atoms in total. The first-order chi connectivity index (χ1) is 16.5. The van der Waals surface area contributed by atoms with Crippen LogP contribution in [0.2, 0.25) is 0 Å². The van der Waals surface area contributed by atoms with Gasteiger partial charge in [-0.15, -0.1) is 0 Å². The van der Waals surface area contributed by atoms with Gasteiger partial charge in [-0.2, -0.15) is 0 Å². The molecule has 1 heterocycles. The minimum absolute atomic E-state index is 0.0246. The quantitative estimate of drug-likeness (QED) is 0.609. The number of hydrogen-bond acceptors (Lipinski definition) is 7. The molecule has 0 bridgehead atoms. The maximum Gasteiger partial charge on any atom is 0.337 e. The SMILES string of the molecule is COc1ccc(COC(=O)C2=C(C)NC3=C(C(=O)CCC3)C2c2cc(OC)ccc2OC)cc1. The Bertz CT molecular complexity index is 1160. The van der Waals surface area contributed by atoms with Crippen molar-refractivity contribution < 1.29 is 28.5 Å². The van der Waals surface area contributed by atoms with Crippen LogP contribution in [0.5, 0.6) is 17.2 Å². The highest BCUT2D eigenvalue weighted by Crippen LogP contribution is 2.46. The number of ether oxygens (including phenoxy) is 4. The lowest BCUT2D eigenvalue weighted by Crippen LogP contribution is -2.34. The highest BCUT2D eigenvalue weighted by atomic mass is 16.5. The highest BCUT2D eigenvalue weighted by Gasteiger charge is 2.40. The largest absolute Gasteiger partial charge is 0.497 e. The molecular weight excluding hydrogens is 434 g/mol. The van der Waals surface area contributed by atoms with E-state index in [0.717, 1.165) is 29.9 Å². The summed E-state index contributed by atoms with van der Waals surface area (Å²) >= 11 is 0. The summed E-state index contributed by atoms with van der Waals surface area (Å²) in [6, 6.07) is 12.7. The van der Waals surface area contributed by atoms with E-state index in [9.17, 15) is 9.59 Å². The molecule has 7 heteroatoms. The van der Waals surface area contributed by atoms with E-state index < -0.39 is 11.9 Å². The lowest BCUT2D eigenvalue weighted by molar-refractivity contribution is -0.140. The first-order valence-corrected chi connectivity index (χ1v) is 11.2. The van der Waals surface area contributed by atoms with E-state index in [1.54, 1.807) is 33.5 Å². The van der Waals surface area contributed by atoms with Crippen LogP contribution >= 0.6 is 0 Å². The number of allylic oxidation sites excluding steroid dienone is 3. The molecule has 178 valence electrons. The molecule has 2 aromatic rings. The zero-order valence-electron chi connectivity index (χ0n) is 19.9. The molecule has 1 aliphatic carbocycles. The standard InChI is InChI=1S/C27H29NO6/c1-16-24(27(30)34-15-17-8-10-18(31-2)11-9-17)25(26-21(28-16)6-5-7-22(26)29)20-14-19(32-3)12-13-23(20)33-4/h8-14,25,28H,5-7,15H2,1-4H3. The molecule has 1 N–H and O–H groups in total. The molecule has 0 fully saturated rings. The summed E-state index contributed by atoms with van der Waals surface area (Å²) in [4.78, 5) is 26.6. The molecule has 4 rings (SSSR count). The van der Waals surface area contributed by atoms with Gasteiger partial charge in [0.05, 0.1) is 32.8 Å².